The highest BCUT2D eigenvalue weighted by Crippen LogP contribution is 2.23. The average molecular weight is 651 g/mol. The molecule has 0 saturated heterocycles. The summed E-state index contributed by atoms with van der Waals surface area (Å²) in [6, 6.07) is 4.19. The van der Waals surface area contributed by atoms with Gasteiger partial charge in [0.25, 0.3) is 0 Å². The monoisotopic (exact) mass is 650 g/mol. The van der Waals surface area contributed by atoms with Gasteiger partial charge in [-0.25, -0.2) is 13.4 Å². The minimum atomic E-state index is -4.11. The lowest BCUT2D eigenvalue weighted by Gasteiger charge is -2.21. The summed E-state index contributed by atoms with van der Waals surface area (Å²) < 4.78 is 28.8. The molecule has 2 aromatic rings. The van der Waals surface area contributed by atoms with Crippen molar-refractivity contribution >= 4 is 50.9 Å². The summed E-state index contributed by atoms with van der Waals surface area (Å²) in [4.78, 5) is 50.6. The Kier molecular flexibility index (Phi) is 13.7. The van der Waals surface area contributed by atoms with Gasteiger partial charge < -0.3 is 33.6 Å². The summed E-state index contributed by atoms with van der Waals surface area (Å²) in [5, 5.41) is 6.92. The third kappa shape index (κ3) is 12.3. The normalized spacial score (nSPS) is 12.9. The van der Waals surface area contributed by atoms with Crippen LogP contribution in [0.25, 0.3) is 0 Å². The van der Waals surface area contributed by atoms with Crippen molar-refractivity contribution in [3.05, 3.63) is 46.4 Å². The number of rotatable bonds is 17. The highest BCUT2D eigenvalue weighted by Gasteiger charge is 2.28. The molecule has 44 heavy (non-hydrogen) atoms. The summed E-state index contributed by atoms with van der Waals surface area (Å²) in [6.45, 7) is 5.91. The maximum absolute atomic E-state index is 13.2. The molecule has 17 heteroatoms. The minimum absolute atomic E-state index is 0.0190. The van der Waals surface area contributed by atoms with Crippen LogP contribution in [0.3, 0.4) is 0 Å². The van der Waals surface area contributed by atoms with Crippen LogP contribution in [0.5, 0.6) is 0 Å². The SMILES string of the molecule is CC(C)(C)c1ccc(S(=O)(=O)N[C@H](CCCN=C(N)N)C(=O)NCC(=O)N[C@@H](CCCN=C(N)N)C(=O)c2nccs2)cc1. The zero-order chi connectivity index (χ0) is 32.9. The molecular formula is C27H42N10O5S2. The summed E-state index contributed by atoms with van der Waals surface area (Å²) in [5.41, 5.74) is 22.2. The fourth-order valence-corrected chi connectivity index (χ4v) is 5.80. The molecule has 0 saturated carbocycles. The first kappa shape index (κ1) is 36.1. The molecule has 0 fully saturated rings. The van der Waals surface area contributed by atoms with Gasteiger partial charge in [0.05, 0.1) is 17.5 Å². The number of carbonyl (C=O) groups excluding carboxylic acids is 3. The predicted molar refractivity (Wildman–Crippen MR) is 170 cm³/mol. The number of sulfonamides is 1. The lowest BCUT2D eigenvalue weighted by Crippen LogP contribution is -2.50. The van der Waals surface area contributed by atoms with Crippen molar-refractivity contribution in [3.63, 3.8) is 0 Å². The molecule has 1 heterocycles. The number of hydrogen-bond donors (Lipinski definition) is 7. The smallest absolute Gasteiger partial charge is 0.241 e. The number of thiazole rings is 1. The lowest BCUT2D eigenvalue weighted by molar-refractivity contribution is -0.127. The van der Waals surface area contributed by atoms with E-state index in [0.29, 0.717) is 6.42 Å². The average Bonchev–Trinajstić information content (AvgIpc) is 3.49. The highest BCUT2D eigenvalue weighted by atomic mass is 32.2. The zero-order valence-corrected chi connectivity index (χ0v) is 26.7. The number of hydrogen-bond acceptors (Lipinski definition) is 9. The first-order valence-corrected chi connectivity index (χ1v) is 16.2. The zero-order valence-electron chi connectivity index (χ0n) is 25.1. The molecule has 0 aliphatic heterocycles. The Morgan fingerprint density at radius 2 is 1.50 bits per heavy atom. The van der Waals surface area contributed by atoms with Gasteiger partial charge in [0.2, 0.25) is 27.6 Å². The van der Waals surface area contributed by atoms with E-state index in [4.69, 9.17) is 22.9 Å². The molecule has 1 aromatic heterocycles. The van der Waals surface area contributed by atoms with Gasteiger partial charge in [0.15, 0.2) is 16.9 Å². The van der Waals surface area contributed by atoms with E-state index in [1.165, 1.54) is 18.3 Å². The number of nitrogens with one attached hydrogen (secondary N) is 3. The van der Waals surface area contributed by atoms with Crippen molar-refractivity contribution in [1.82, 2.24) is 20.3 Å². The quantitative estimate of drug-likeness (QED) is 0.0507. The molecule has 15 nitrogen and oxygen atoms in total. The second-order valence-corrected chi connectivity index (χ2v) is 13.5. The van der Waals surface area contributed by atoms with Crippen LogP contribution in [0.15, 0.2) is 50.7 Å². The van der Waals surface area contributed by atoms with Gasteiger partial charge in [-0.15, -0.1) is 11.3 Å². The Morgan fingerprint density at radius 1 is 0.932 bits per heavy atom. The van der Waals surface area contributed by atoms with Crippen LogP contribution in [0, 0.1) is 0 Å². The summed E-state index contributed by atoms with van der Waals surface area (Å²) in [6.07, 6.45) is 2.40. The number of aliphatic imine (C=N–C) groups is 2. The van der Waals surface area contributed by atoms with Gasteiger partial charge in [0.1, 0.15) is 6.04 Å². The lowest BCUT2D eigenvalue weighted by atomic mass is 9.87. The number of Topliss-reactive ketones (excluding diaryl/α,β-unsaturated/α-hetero) is 1. The highest BCUT2D eigenvalue weighted by molar-refractivity contribution is 7.89. The van der Waals surface area contributed by atoms with Gasteiger partial charge in [-0.2, -0.15) is 4.72 Å². The van der Waals surface area contributed by atoms with Gasteiger partial charge in [-0.3, -0.25) is 24.4 Å². The number of aromatic nitrogens is 1. The van der Waals surface area contributed by atoms with Gasteiger partial charge in [-0.1, -0.05) is 32.9 Å². The fraction of sp³-hybridized carbons (Fsp3) is 0.481. The Hall–Kier alpha value is -4.09. The molecule has 2 atom stereocenters. The van der Waals surface area contributed by atoms with Crippen molar-refractivity contribution in [1.29, 1.82) is 0 Å². The van der Waals surface area contributed by atoms with E-state index >= 15 is 0 Å². The van der Waals surface area contributed by atoms with E-state index in [2.05, 4.69) is 30.3 Å². The Bertz CT molecular complexity index is 1410. The van der Waals surface area contributed by atoms with Crippen LogP contribution in [0.2, 0.25) is 0 Å². The maximum Gasteiger partial charge on any atom is 0.241 e. The van der Waals surface area contributed by atoms with Crippen molar-refractivity contribution in [2.45, 2.75) is 68.8 Å². The third-order valence-corrected chi connectivity index (χ3v) is 8.53. The molecule has 0 aliphatic rings. The van der Waals surface area contributed by atoms with E-state index in [-0.39, 0.29) is 59.6 Å². The van der Waals surface area contributed by atoms with Crippen LogP contribution >= 0.6 is 11.3 Å². The van der Waals surface area contributed by atoms with Crippen LogP contribution in [-0.2, 0) is 25.0 Å². The molecular weight excluding hydrogens is 608 g/mol. The maximum atomic E-state index is 13.2. The van der Waals surface area contributed by atoms with E-state index in [0.717, 1.165) is 16.9 Å². The van der Waals surface area contributed by atoms with Crippen LogP contribution in [0.1, 0.15) is 61.8 Å². The molecule has 242 valence electrons. The Morgan fingerprint density at radius 3 is 2.00 bits per heavy atom. The second kappa shape index (κ2) is 16.7. The molecule has 0 unspecified atom stereocenters. The molecule has 0 aliphatic carbocycles. The van der Waals surface area contributed by atoms with Crippen LogP contribution in [0.4, 0.5) is 0 Å². The van der Waals surface area contributed by atoms with Gasteiger partial charge in [-0.05, 0) is 48.8 Å². The molecule has 2 rings (SSSR count). The van der Waals surface area contributed by atoms with Crippen molar-refractivity contribution in [2.75, 3.05) is 19.6 Å². The summed E-state index contributed by atoms with van der Waals surface area (Å²) in [5.74, 6) is -2.02. The van der Waals surface area contributed by atoms with Crippen LogP contribution in [-0.4, -0.2) is 74.6 Å². The molecule has 0 spiro atoms. The molecule has 1 aromatic carbocycles. The Balaban J connectivity index is 2.12. The molecule has 2 amide bonds. The largest absolute Gasteiger partial charge is 0.370 e. The minimum Gasteiger partial charge on any atom is -0.370 e. The van der Waals surface area contributed by atoms with Crippen LogP contribution < -0.4 is 38.3 Å². The fourth-order valence-electron chi connectivity index (χ4n) is 3.94. The van der Waals surface area contributed by atoms with Gasteiger partial charge >= 0.3 is 0 Å². The van der Waals surface area contributed by atoms with E-state index < -0.39 is 46.2 Å². The first-order chi connectivity index (χ1) is 20.6. The molecule has 0 radical (unpaired) electrons. The van der Waals surface area contributed by atoms with Crippen molar-refractivity contribution < 1.29 is 22.8 Å². The summed E-state index contributed by atoms with van der Waals surface area (Å²) >= 11 is 1.13. The van der Waals surface area contributed by atoms with E-state index in [9.17, 15) is 22.8 Å². The topological polar surface area (TPSA) is 263 Å². The number of amides is 2. The Labute approximate surface area is 261 Å². The summed E-state index contributed by atoms with van der Waals surface area (Å²) in [7, 11) is -4.11. The molecule has 11 N–H and O–H groups in total. The van der Waals surface area contributed by atoms with Crippen molar-refractivity contribution in [2.24, 2.45) is 32.9 Å². The number of guanidine groups is 2. The second-order valence-electron chi connectivity index (χ2n) is 10.9. The molecule has 0 bridgehead atoms. The van der Waals surface area contributed by atoms with E-state index in [1.807, 2.05) is 20.8 Å². The number of carbonyl (C=O) groups is 3. The number of benzene rings is 1. The van der Waals surface area contributed by atoms with E-state index in [1.54, 1.807) is 17.5 Å². The first-order valence-electron chi connectivity index (χ1n) is 13.8. The number of nitrogens with zero attached hydrogens (tertiary/aromatic N) is 3. The number of ketones is 1. The number of nitrogens with two attached hydrogens (primary N) is 4. The third-order valence-electron chi connectivity index (χ3n) is 6.25. The predicted octanol–water partition coefficient (Wildman–Crippen LogP) is -0.321. The standard InChI is InChI=1S/C27H42N10O5S2/c1-27(2,3)17-8-10-18(11-9-17)44(41,42)37-20(7-5-13-34-26(30)31)23(40)35-16-21(38)36-19(6-4-12-33-25(28)29)22(39)24-32-14-15-43-24/h8-11,14-15,19-20,37H,4-7,12-13,16H2,1-3H3,(H,35,40)(H,36,38)(H4,28,29,33)(H4,30,31,34)/t19-,20+/m0/s1. The van der Waals surface area contributed by atoms with Crippen molar-refractivity contribution in [3.8, 4) is 0 Å². The van der Waals surface area contributed by atoms with Gasteiger partial charge in [0, 0.05) is 24.7 Å².